The summed E-state index contributed by atoms with van der Waals surface area (Å²) in [6.07, 6.45) is 5.97. The van der Waals surface area contributed by atoms with Crippen LogP contribution < -0.4 is 10.2 Å². The van der Waals surface area contributed by atoms with Crippen LogP contribution in [-0.2, 0) is 6.54 Å². The highest BCUT2D eigenvalue weighted by atomic mass is 35.5. The molecule has 112 valence electrons. The van der Waals surface area contributed by atoms with E-state index < -0.39 is 0 Å². The van der Waals surface area contributed by atoms with Gasteiger partial charge in [-0.3, -0.25) is 0 Å². The number of rotatable bonds is 8. The van der Waals surface area contributed by atoms with Crippen LogP contribution in [0.2, 0.25) is 5.02 Å². The monoisotopic (exact) mass is 312 g/mol. The molecule has 1 unspecified atom stereocenters. The van der Waals surface area contributed by atoms with Crippen LogP contribution in [0.15, 0.2) is 18.2 Å². The van der Waals surface area contributed by atoms with E-state index in [0.29, 0.717) is 6.04 Å². The Morgan fingerprint density at radius 3 is 2.80 bits per heavy atom. The molecule has 20 heavy (non-hydrogen) atoms. The first-order valence-electron chi connectivity index (χ1n) is 7.35. The van der Waals surface area contributed by atoms with Gasteiger partial charge >= 0.3 is 0 Å². The second-order valence-corrected chi connectivity index (χ2v) is 7.07. The minimum absolute atomic E-state index is 0.536. The van der Waals surface area contributed by atoms with Crippen LogP contribution in [-0.4, -0.2) is 31.1 Å². The van der Waals surface area contributed by atoms with Gasteiger partial charge in [-0.25, -0.2) is 0 Å². The predicted molar refractivity (Wildman–Crippen MR) is 92.2 cm³/mol. The normalized spacial score (nSPS) is 16.2. The number of hydrogen-bond donors (Lipinski definition) is 1. The van der Waals surface area contributed by atoms with Crippen LogP contribution in [0.5, 0.6) is 0 Å². The SMILES string of the molecule is CSCCC(C)N(C)c1ccc(CNC2CC2)c(Cl)c1. The summed E-state index contributed by atoms with van der Waals surface area (Å²) in [4.78, 5) is 2.32. The molecular weight excluding hydrogens is 288 g/mol. The Balaban J connectivity index is 1.95. The van der Waals surface area contributed by atoms with Crippen molar-refractivity contribution in [2.75, 3.05) is 24.0 Å². The van der Waals surface area contributed by atoms with Crippen LogP contribution in [0.1, 0.15) is 31.7 Å². The van der Waals surface area contributed by atoms with Crippen molar-refractivity contribution in [2.45, 2.75) is 44.8 Å². The topological polar surface area (TPSA) is 15.3 Å². The lowest BCUT2D eigenvalue weighted by atomic mass is 10.1. The molecule has 0 amide bonds. The van der Waals surface area contributed by atoms with Gasteiger partial charge in [-0.05, 0) is 55.9 Å². The Kier molecular flexibility index (Phi) is 6.06. The summed E-state index contributed by atoms with van der Waals surface area (Å²) in [7, 11) is 2.15. The van der Waals surface area contributed by atoms with E-state index >= 15 is 0 Å². The standard InChI is InChI=1S/C16H25ClN2S/c1-12(8-9-20-3)19(2)15-7-4-13(16(17)10-15)11-18-14-5-6-14/h4,7,10,12,14,18H,5-6,8-9,11H2,1-3H3. The summed E-state index contributed by atoms with van der Waals surface area (Å²) in [5, 5.41) is 4.39. The number of hydrogen-bond acceptors (Lipinski definition) is 3. The van der Waals surface area contributed by atoms with Crippen molar-refractivity contribution in [3.8, 4) is 0 Å². The molecule has 0 aliphatic heterocycles. The van der Waals surface area contributed by atoms with Crippen LogP contribution in [0.4, 0.5) is 5.69 Å². The van der Waals surface area contributed by atoms with Crippen LogP contribution in [0.3, 0.4) is 0 Å². The van der Waals surface area contributed by atoms with Gasteiger partial charge in [0.25, 0.3) is 0 Å². The molecule has 2 nitrogen and oxygen atoms in total. The smallest absolute Gasteiger partial charge is 0.0471 e. The maximum Gasteiger partial charge on any atom is 0.0471 e. The highest BCUT2D eigenvalue weighted by molar-refractivity contribution is 7.98. The van der Waals surface area contributed by atoms with E-state index in [-0.39, 0.29) is 0 Å². The van der Waals surface area contributed by atoms with Crippen molar-refractivity contribution in [3.63, 3.8) is 0 Å². The zero-order valence-corrected chi connectivity index (χ0v) is 14.2. The number of anilines is 1. The summed E-state index contributed by atoms with van der Waals surface area (Å²) in [5.41, 5.74) is 2.41. The molecule has 1 N–H and O–H groups in total. The molecular formula is C16H25ClN2S. The van der Waals surface area contributed by atoms with Gasteiger partial charge in [0.2, 0.25) is 0 Å². The van der Waals surface area contributed by atoms with Crippen LogP contribution in [0.25, 0.3) is 0 Å². The molecule has 1 aromatic carbocycles. The lowest BCUT2D eigenvalue weighted by Crippen LogP contribution is -2.29. The van der Waals surface area contributed by atoms with Crippen molar-refractivity contribution in [1.29, 1.82) is 0 Å². The van der Waals surface area contributed by atoms with Gasteiger partial charge in [-0.1, -0.05) is 17.7 Å². The Labute approximate surface area is 132 Å². The fourth-order valence-corrected chi connectivity index (χ4v) is 3.00. The van der Waals surface area contributed by atoms with E-state index in [9.17, 15) is 0 Å². The fraction of sp³-hybridized carbons (Fsp3) is 0.625. The zero-order chi connectivity index (χ0) is 14.5. The lowest BCUT2D eigenvalue weighted by molar-refractivity contribution is 0.668. The van der Waals surface area contributed by atoms with Crippen molar-refractivity contribution in [2.24, 2.45) is 0 Å². The quantitative estimate of drug-likeness (QED) is 0.775. The van der Waals surface area contributed by atoms with Crippen molar-refractivity contribution < 1.29 is 0 Å². The largest absolute Gasteiger partial charge is 0.372 e. The second-order valence-electron chi connectivity index (χ2n) is 5.67. The first-order valence-corrected chi connectivity index (χ1v) is 9.12. The van der Waals surface area contributed by atoms with E-state index in [1.165, 1.54) is 36.3 Å². The number of nitrogens with zero attached hydrogens (tertiary/aromatic N) is 1. The fourth-order valence-electron chi connectivity index (χ4n) is 2.18. The molecule has 0 bridgehead atoms. The highest BCUT2D eigenvalue weighted by Gasteiger charge is 2.20. The number of thioether (sulfide) groups is 1. The van der Waals surface area contributed by atoms with Gasteiger partial charge in [0.05, 0.1) is 0 Å². The van der Waals surface area contributed by atoms with Crippen molar-refractivity contribution in [1.82, 2.24) is 5.32 Å². The van der Waals surface area contributed by atoms with Crippen LogP contribution in [0, 0.1) is 0 Å². The third-order valence-electron chi connectivity index (χ3n) is 4.00. The molecule has 0 heterocycles. The maximum atomic E-state index is 6.42. The summed E-state index contributed by atoms with van der Waals surface area (Å²) < 4.78 is 0. The molecule has 0 aromatic heterocycles. The third kappa shape index (κ3) is 4.57. The number of nitrogens with one attached hydrogen (secondary N) is 1. The molecule has 0 saturated heterocycles. The number of benzene rings is 1. The van der Waals surface area contributed by atoms with E-state index in [4.69, 9.17) is 11.6 Å². The molecule has 1 aromatic rings. The Morgan fingerprint density at radius 1 is 1.45 bits per heavy atom. The molecule has 1 aliphatic carbocycles. The van der Waals surface area contributed by atoms with Gasteiger partial charge < -0.3 is 10.2 Å². The molecule has 0 radical (unpaired) electrons. The first-order chi connectivity index (χ1) is 9.61. The summed E-state index contributed by atoms with van der Waals surface area (Å²) in [6.45, 7) is 3.15. The average Bonchev–Trinajstić information content (AvgIpc) is 3.26. The maximum absolute atomic E-state index is 6.42. The molecule has 4 heteroatoms. The lowest BCUT2D eigenvalue weighted by Gasteiger charge is -2.27. The Morgan fingerprint density at radius 2 is 2.20 bits per heavy atom. The summed E-state index contributed by atoms with van der Waals surface area (Å²) in [6, 6.07) is 7.70. The van der Waals surface area contributed by atoms with E-state index in [0.717, 1.165) is 17.6 Å². The minimum atomic E-state index is 0.536. The molecule has 1 atom stereocenters. The van der Waals surface area contributed by atoms with Gasteiger partial charge in [-0.2, -0.15) is 11.8 Å². The highest BCUT2D eigenvalue weighted by Crippen LogP contribution is 2.26. The number of halogens is 1. The van der Waals surface area contributed by atoms with Crippen molar-refractivity contribution >= 4 is 29.1 Å². The van der Waals surface area contributed by atoms with Crippen molar-refractivity contribution in [3.05, 3.63) is 28.8 Å². The second kappa shape index (κ2) is 7.58. The average molecular weight is 313 g/mol. The first kappa shape index (κ1) is 16.0. The van der Waals surface area contributed by atoms with Crippen LogP contribution >= 0.6 is 23.4 Å². The van der Waals surface area contributed by atoms with Gasteiger partial charge in [0, 0.05) is 36.4 Å². The predicted octanol–water partition coefficient (Wildman–Crippen LogP) is 4.17. The molecule has 0 spiro atoms. The van der Waals surface area contributed by atoms with Gasteiger partial charge in [-0.15, -0.1) is 0 Å². The minimum Gasteiger partial charge on any atom is -0.372 e. The summed E-state index contributed by atoms with van der Waals surface area (Å²) >= 11 is 8.32. The summed E-state index contributed by atoms with van der Waals surface area (Å²) in [5.74, 6) is 1.20. The zero-order valence-electron chi connectivity index (χ0n) is 12.7. The van der Waals surface area contributed by atoms with E-state index in [1.807, 2.05) is 11.8 Å². The Hall–Kier alpha value is -0.380. The van der Waals surface area contributed by atoms with E-state index in [1.54, 1.807) is 0 Å². The molecule has 1 fully saturated rings. The third-order valence-corrected chi connectivity index (χ3v) is 5.00. The van der Waals surface area contributed by atoms with Gasteiger partial charge in [0.1, 0.15) is 0 Å². The Bertz CT molecular complexity index is 434. The molecule has 2 rings (SSSR count). The van der Waals surface area contributed by atoms with E-state index in [2.05, 4.69) is 48.6 Å². The molecule has 1 aliphatic rings. The van der Waals surface area contributed by atoms with Gasteiger partial charge in [0.15, 0.2) is 0 Å². The molecule has 1 saturated carbocycles.